The number of hydrogen-bond acceptors (Lipinski definition) is 4. The van der Waals surface area contributed by atoms with Gasteiger partial charge in [0.15, 0.2) is 0 Å². The fourth-order valence-electron chi connectivity index (χ4n) is 3.57. The Labute approximate surface area is 196 Å². The van der Waals surface area contributed by atoms with Crippen LogP contribution in [0.25, 0.3) is 22.4 Å². The fourth-order valence-corrected chi connectivity index (χ4v) is 3.57. The second-order valence-corrected chi connectivity index (χ2v) is 7.94. The van der Waals surface area contributed by atoms with E-state index in [9.17, 15) is 4.79 Å². The summed E-state index contributed by atoms with van der Waals surface area (Å²) in [7, 11) is 1.66. The molecule has 1 atom stereocenters. The van der Waals surface area contributed by atoms with E-state index >= 15 is 0 Å². The van der Waals surface area contributed by atoms with Gasteiger partial charge in [0, 0.05) is 12.1 Å². The monoisotopic (exact) mass is 444 g/mol. The van der Waals surface area contributed by atoms with E-state index in [1.54, 1.807) is 13.3 Å². The molecule has 1 heterocycles. The molecule has 3 rings (SSSR count). The normalized spacial score (nSPS) is 12.7. The number of nitrogens with zero attached hydrogens (tertiary/aromatic N) is 4. The van der Waals surface area contributed by atoms with Crippen LogP contribution in [0.15, 0.2) is 78.5 Å². The minimum absolute atomic E-state index is 0.0370. The number of carbonyl (C=O) groups excluding carboxylic acids is 1. The Bertz CT molecular complexity index is 1110. The minimum Gasteiger partial charge on any atom is -0.497 e. The van der Waals surface area contributed by atoms with Crippen LogP contribution in [-0.2, 0) is 0 Å². The summed E-state index contributed by atoms with van der Waals surface area (Å²) in [5.41, 5.74) is 4.88. The van der Waals surface area contributed by atoms with Gasteiger partial charge >= 0.3 is 6.03 Å². The number of aromatic nitrogens is 3. The number of ether oxygens (including phenoxy) is 1. The minimum atomic E-state index is -0.175. The summed E-state index contributed by atoms with van der Waals surface area (Å²) in [5, 5.41) is 8.38. The summed E-state index contributed by atoms with van der Waals surface area (Å²) in [6.45, 7) is 8.77. The van der Waals surface area contributed by atoms with Crippen molar-refractivity contribution in [2.24, 2.45) is 0 Å². The van der Waals surface area contributed by atoms with E-state index in [0.29, 0.717) is 12.2 Å². The quantitative estimate of drug-likeness (QED) is 0.388. The van der Waals surface area contributed by atoms with Crippen LogP contribution in [0.3, 0.4) is 0 Å². The second kappa shape index (κ2) is 11.3. The van der Waals surface area contributed by atoms with Gasteiger partial charge in [-0.3, -0.25) is 0 Å². The highest BCUT2D eigenvalue weighted by atomic mass is 16.5. The largest absolute Gasteiger partial charge is 0.497 e. The maximum absolute atomic E-state index is 13.2. The molecule has 33 heavy (non-hydrogen) atoms. The third-order valence-electron chi connectivity index (χ3n) is 5.68. The van der Waals surface area contributed by atoms with Gasteiger partial charge in [-0.2, -0.15) is 4.68 Å². The predicted octanol–water partition coefficient (Wildman–Crippen LogP) is 6.21. The standard InChI is InChI=1S/C27H32N4O2/c1-6-8-9-20(3)21(4)30(18-7-2)27(32)31-19-26(28-29-31)24-12-10-22(11-13-24)23-14-16-25(33-5)17-15-23/h6,8-17,19,21H,7,18H2,1-5H3. The lowest BCUT2D eigenvalue weighted by atomic mass is 10.0. The molecule has 1 aromatic heterocycles. The Balaban J connectivity index is 1.79. The second-order valence-electron chi connectivity index (χ2n) is 7.94. The highest BCUT2D eigenvalue weighted by molar-refractivity contribution is 5.78. The van der Waals surface area contributed by atoms with Crippen molar-refractivity contribution in [2.75, 3.05) is 13.7 Å². The van der Waals surface area contributed by atoms with E-state index in [1.807, 2.05) is 92.4 Å². The summed E-state index contributed by atoms with van der Waals surface area (Å²) in [5.74, 6) is 0.829. The maximum atomic E-state index is 13.2. The van der Waals surface area contributed by atoms with Crippen molar-refractivity contribution in [3.8, 4) is 28.1 Å². The summed E-state index contributed by atoms with van der Waals surface area (Å²) >= 11 is 0. The average molecular weight is 445 g/mol. The molecule has 0 spiro atoms. The van der Waals surface area contributed by atoms with Gasteiger partial charge in [0.1, 0.15) is 11.4 Å². The number of hydrogen-bond donors (Lipinski definition) is 0. The lowest BCUT2D eigenvalue weighted by Gasteiger charge is -2.29. The van der Waals surface area contributed by atoms with Gasteiger partial charge in [-0.25, -0.2) is 4.79 Å². The lowest BCUT2D eigenvalue weighted by molar-refractivity contribution is 0.184. The number of allylic oxidation sites excluding steroid dienone is 3. The third kappa shape index (κ3) is 5.77. The molecule has 0 aliphatic rings. The van der Waals surface area contributed by atoms with Crippen molar-refractivity contribution in [3.63, 3.8) is 0 Å². The van der Waals surface area contributed by atoms with Gasteiger partial charge in [0.05, 0.1) is 19.3 Å². The van der Waals surface area contributed by atoms with E-state index in [0.717, 1.165) is 34.4 Å². The van der Waals surface area contributed by atoms with Gasteiger partial charge in [-0.15, -0.1) is 5.10 Å². The van der Waals surface area contributed by atoms with Crippen LogP contribution in [0.5, 0.6) is 5.75 Å². The van der Waals surface area contributed by atoms with Crippen LogP contribution < -0.4 is 4.74 Å². The first-order valence-corrected chi connectivity index (χ1v) is 11.3. The number of carbonyl (C=O) groups is 1. The molecule has 2 aromatic carbocycles. The highest BCUT2D eigenvalue weighted by Gasteiger charge is 2.23. The predicted molar refractivity (Wildman–Crippen MR) is 133 cm³/mol. The van der Waals surface area contributed by atoms with Gasteiger partial charge in [0.25, 0.3) is 0 Å². The summed E-state index contributed by atoms with van der Waals surface area (Å²) in [4.78, 5) is 15.1. The number of methoxy groups -OCH3 is 1. The van der Waals surface area contributed by atoms with Crippen LogP contribution in [0.1, 0.15) is 34.1 Å². The van der Waals surface area contributed by atoms with Crippen LogP contribution >= 0.6 is 0 Å². The van der Waals surface area contributed by atoms with Gasteiger partial charge in [-0.05, 0) is 50.5 Å². The first-order chi connectivity index (χ1) is 16.0. The molecule has 3 aromatic rings. The van der Waals surface area contributed by atoms with E-state index in [1.165, 1.54) is 4.68 Å². The van der Waals surface area contributed by atoms with Crippen LogP contribution in [0.4, 0.5) is 4.79 Å². The van der Waals surface area contributed by atoms with Gasteiger partial charge in [-0.1, -0.05) is 72.3 Å². The molecular formula is C27H32N4O2. The molecule has 0 aliphatic heterocycles. The SMILES string of the molecule is CC=CC=C(C)C(C)N(CCC)C(=O)n1cc(-c2ccc(-c3ccc(OC)cc3)cc2)nn1. The van der Waals surface area contributed by atoms with E-state index < -0.39 is 0 Å². The molecule has 0 aliphatic carbocycles. The van der Waals surface area contributed by atoms with Crippen molar-refractivity contribution in [3.05, 3.63) is 78.5 Å². The number of benzene rings is 2. The average Bonchev–Trinajstić information content (AvgIpc) is 3.35. The first kappa shape index (κ1) is 24.0. The van der Waals surface area contributed by atoms with E-state index in [4.69, 9.17) is 4.74 Å². The zero-order valence-electron chi connectivity index (χ0n) is 20.0. The molecule has 1 amide bonds. The lowest BCUT2D eigenvalue weighted by Crippen LogP contribution is -2.42. The fraction of sp³-hybridized carbons (Fsp3) is 0.296. The molecule has 6 heteroatoms. The maximum Gasteiger partial charge on any atom is 0.346 e. The molecule has 0 saturated heterocycles. The third-order valence-corrected chi connectivity index (χ3v) is 5.68. The molecule has 6 nitrogen and oxygen atoms in total. The topological polar surface area (TPSA) is 60.2 Å². The first-order valence-electron chi connectivity index (χ1n) is 11.3. The Morgan fingerprint density at radius 1 is 1.09 bits per heavy atom. The summed E-state index contributed by atoms with van der Waals surface area (Å²) in [6, 6.07) is 15.8. The Morgan fingerprint density at radius 3 is 2.27 bits per heavy atom. The van der Waals surface area contributed by atoms with Crippen molar-refractivity contribution in [1.82, 2.24) is 19.9 Å². The van der Waals surface area contributed by atoms with Crippen molar-refractivity contribution in [1.29, 1.82) is 0 Å². The molecule has 0 fully saturated rings. The smallest absolute Gasteiger partial charge is 0.346 e. The summed E-state index contributed by atoms with van der Waals surface area (Å²) < 4.78 is 6.56. The van der Waals surface area contributed by atoms with Crippen LogP contribution in [-0.4, -0.2) is 45.6 Å². The zero-order valence-corrected chi connectivity index (χ0v) is 20.0. The number of rotatable bonds is 8. The van der Waals surface area contributed by atoms with Gasteiger partial charge in [0.2, 0.25) is 0 Å². The Kier molecular flexibility index (Phi) is 8.19. The van der Waals surface area contributed by atoms with Crippen molar-refractivity contribution < 1.29 is 9.53 Å². The highest BCUT2D eigenvalue weighted by Crippen LogP contribution is 2.25. The van der Waals surface area contributed by atoms with Crippen molar-refractivity contribution >= 4 is 6.03 Å². The van der Waals surface area contributed by atoms with E-state index in [-0.39, 0.29) is 12.1 Å². The van der Waals surface area contributed by atoms with Gasteiger partial charge < -0.3 is 9.64 Å². The molecule has 1 unspecified atom stereocenters. The van der Waals surface area contributed by atoms with Crippen molar-refractivity contribution in [2.45, 2.75) is 40.2 Å². The molecule has 0 radical (unpaired) electrons. The van der Waals surface area contributed by atoms with Crippen LogP contribution in [0.2, 0.25) is 0 Å². The zero-order chi connectivity index (χ0) is 23.8. The molecule has 0 saturated carbocycles. The molecule has 0 bridgehead atoms. The Morgan fingerprint density at radius 2 is 1.70 bits per heavy atom. The van der Waals surface area contributed by atoms with Crippen LogP contribution in [0, 0.1) is 0 Å². The molecule has 0 N–H and O–H groups in total. The summed E-state index contributed by atoms with van der Waals surface area (Å²) in [6.07, 6.45) is 8.57. The molecule has 172 valence electrons. The Hall–Kier alpha value is -3.67. The van der Waals surface area contributed by atoms with E-state index in [2.05, 4.69) is 17.2 Å². The molecular weight excluding hydrogens is 412 g/mol. The number of amides is 1.